The van der Waals surface area contributed by atoms with Gasteiger partial charge in [-0.1, -0.05) is 50.5 Å². The Kier molecular flexibility index (Phi) is 5.83. The van der Waals surface area contributed by atoms with Crippen LogP contribution in [0.4, 0.5) is 0 Å². The molecule has 15 heavy (non-hydrogen) atoms. The van der Waals surface area contributed by atoms with Crippen LogP contribution >= 0.6 is 0 Å². The second-order valence-electron chi connectivity index (χ2n) is 3.85. The third-order valence-electron chi connectivity index (χ3n) is 2.47. The zero-order chi connectivity index (χ0) is 10.9. The van der Waals surface area contributed by atoms with Crippen LogP contribution in [0.3, 0.4) is 0 Å². The molecule has 0 unspecified atom stereocenters. The molecule has 0 aliphatic heterocycles. The van der Waals surface area contributed by atoms with Gasteiger partial charge in [0.15, 0.2) is 0 Å². The SMILES string of the molecule is CCCCCCOC(=O)C1C=CCC=C1. The minimum atomic E-state index is -0.148. The Morgan fingerprint density at radius 3 is 2.67 bits per heavy atom. The summed E-state index contributed by atoms with van der Waals surface area (Å²) in [4.78, 5) is 11.5. The molecule has 0 heterocycles. The Labute approximate surface area is 92.0 Å². The first kappa shape index (κ1) is 12.0. The molecule has 1 aliphatic rings. The monoisotopic (exact) mass is 208 g/mol. The van der Waals surface area contributed by atoms with Crippen molar-refractivity contribution in [2.24, 2.45) is 5.92 Å². The van der Waals surface area contributed by atoms with Crippen LogP contribution in [0.15, 0.2) is 24.3 Å². The Hall–Kier alpha value is -1.05. The first-order valence-electron chi connectivity index (χ1n) is 5.84. The van der Waals surface area contributed by atoms with Crippen LogP contribution in [0, 0.1) is 5.92 Å². The smallest absolute Gasteiger partial charge is 0.316 e. The molecule has 0 N–H and O–H groups in total. The van der Waals surface area contributed by atoms with Crippen molar-refractivity contribution in [3.8, 4) is 0 Å². The van der Waals surface area contributed by atoms with E-state index in [1.807, 2.05) is 24.3 Å². The molecule has 0 saturated heterocycles. The molecule has 2 heteroatoms. The van der Waals surface area contributed by atoms with Crippen molar-refractivity contribution in [1.29, 1.82) is 0 Å². The summed E-state index contributed by atoms with van der Waals surface area (Å²) in [5, 5.41) is 0. The standard InChI is InChI=1S/C13H20O2/c1-2-3-4-8-11-15-13(14)12-9-6-5-7-10-12/h6-7,9-10,12H,2-5,8,11H2,1H3. The predicted octanol–water partition coefficient (Wildman–Crippen LogP) is 3.24. The van der Waals surface area contributed by atoms with Gasteiger partial charge in [-0.05, 0) is 12.8 Å². The topological polar surface area (TPSA) is 26.3 Å². The summed E-state index contributed by atoms with van der Waals surface area (Å²) < 4.78 is 5.19. The van der Waals surface area contributed by atoms with Gasteiger partial charge < -0.3 is 4.74 Å². The van der Waals surface area contributed by atoms with Gasteiger partial charge >= 0.3 is 5.97 Å². The number of esters is 1. The number of ether oxygens (including phenoxy) is 1. The molecule has 0 fully saturated rings. The molecular formula is C13H20O2. The van der Waals surface area contributed by atoms with Gasteiger partial charge in [-0.15, -0.1) is 0 Å². The van der Waals surface area contributed by atoms with Crippen LogP contribution in [0.2, 0.25) is 0 Å². The van der Waals surface area contributed by atoms with E-state index in [0.29, 0.717) is 6.61 Å². The van der Waals surface area contributed by atoms with Crippen LogP contribution in [-0.4, -0.2) is 12.6 Å². The van der Waals surface area contributed by atoms with E-state index in [1.54, 1.807) is 0 Å². The van der Waals surface area contributed by atoms with Gasteiger partial charge in [0.25, 0.3) is 0 Å². The molecule has 0 radical (unpaired) electrons. The van der Waals surface area contributed by atoms with Crippen molar-refractivity contribution < 1.29 is 9.53 Å². The summed E-state index contributed by atoms with van der Waals surface area (Å²) in [6.45, 7) is 2.74. The van der Waals surface area contributed by atoms with Gasteiger partial charge in [0.1, 0.15) is 0 Å². The molecule has 2 nitrogen and oxygen atoms in total. The molecule has 0 aromatic rings. The summed E-state index contributed by atoms with van der Waals surface area (Å²) in [6.07, 6.45) is 13.3. The second-order valence-corrected chi connectivity index (χ2v) is 3.85. The van der Waals surface area contributed by atoms with Crippen LogP contribution in [0.5, 0.6) is 0 Å². The lowest BCUT2D eigenvalue weighted by Crippen LogP contribution is -2.15. The molecule has 0 atom stereocenters. The van der Waals surface area contributed by atoms with Crippen LogP contribution < -0.4 is 0 Å². The van der Waals surface area contributed by atoms with Gasteiger partial charge in [-0.2, -0.15) is 0 Å². The maximum atomic E-state index is 11.5. The third-order valence-corrected chi connectivity index (χ3v) is 2.47. The highest BCUT2D eigenvalue weighted by Gasteiger charge is 2.14. The summed E-state index contributed by atoms with van der Waals surface area (Å²) in [6, 6.07) is 0. The quantitative estimate of drug-likeness (QED) is 0.380. The summed E-state index contributed by atoms with van der Waals surface area (Å²) >= 11 is 0. The van der Waals surface area contributed by atoms with E-state index in [-0.39, 0.29) is 11.9 Å². The van der Waals surface area contributed by atoms with Crippen molar-refractivity contribution in [1.82, 2.24) is 0 Å². The number of unbranched alkanes of at least 4 members (excludes halogenated alkanes) is 3. The largest absolute Gasteiger partial charge is 0.465 e. The fourth-order valence-electron chi connectivity index (χ4n) is 1.55. The molecular weight excluding hydrogens is 188 g/mol. The Morgan fingerprint density at radius 1 is 1.27 bits per heavy atom. The van der Waals surface area contributed by atoms with Crippen molar-refractivity contribution >= 4 is 5.97 Å². The molecule has 0 saturated carbocycles. The third kappa shape index (κ3) is 4.82. The molecule has 1 aliphatic carbocycles. The molecule has 0 aromatic heterocycles. The Morgan fingerprint density at radius 2 is 2.00 bits per heavy atom. The second kappa shape index (κ2) is 7.27. The molecule has 0 aromatic carbocycles. The number of allylic oxidation sites excluding steroid dienone is 2. The average Bonchev–Trinajstić information content (AvgIpc) is 2.30. The number of carbonyl (C=O) groups is 1. The van der Waals surface area contributed by atoms with E-state index in [9.17, 15) is 4.79 Å². The number of hydrogen-bond donors (Lipinski definition) is 0. The van der Waals surface area contributed by atoms with Gasteiger partial charge in [0, 0.05) is 0 Å². The first-order valence-corrected chi connectivity index (χ1v) is 5.84. The van der Waals surface area contributed by atoms with E-state index in [2.05, 4.69) is 6.92 Å². The predicted molar refractivity (Wildman–Crippen MR) is 61.5 cm³/mol. The van der Waals surface area contributed by atoms with E-state index < -0.39 is 0 Å². The first-order chi connectivity index (χ1) is 7.34. The number of rotatable bonds is 6. The van der Waals surface area contributed by atoms with Crippen molar-refractivity contribution in [2.45, 2.75) is 39.0 Å². The average molecular weight is 208 g/mol. The number of hydrogen-bond acceptors (Lipinski definition) is 2. The lowest BCUT2D eigenvalue weighted by Gasteiger charge is -2.10. The fraction of sp³-hybridized carbons (Fsp3) is 0.615. The van der Waals surface area contributed by atoms with E-state index in [0.717, 1.165) is 19.3 Å². The Bertz CT molecular complexity index is 229. The minimum absolute atomic E-state index is 0.112. The maximum absolute atomic E-state index is 11.5. The molecule has 0 amide bonds. The van der Waals surface area contributed by atoms with Gasteiger partial charge in [-0.25, -0.2) is 0 Å². The van der Waals surface area contributed by atoms with Crippen molar-refractivity contribution in [3.05, 3.63) is 24.3 Å². The lowest BCUT2D eigenvalue weighted by molar-refractivity contribution is -0.145. The van der Waals surface area contributed by atoms with Crippen LogP contribution in [-0.2, 0) is 9.53 Å². The van der Waals surface area contributed by atoms with Crippen LogP contribution in [0.1, 0.15) is 39.0 Å². The molecule has 1 rings (SSSR count). The molecule has 0 spiro atoms. The normalized spacial score (nSPS) is 15.5. The zero-order valence-electron chi connectivity index (χ0n) is 9.45. The highest BCUT2D eigenvalue weighted by molar-refractivity contribution is 5.76. The van der Waals surface area contributed by atoms with Gasteiger partial charge in [0.2, 0.25) is 0 Å². The summed E-state index contributed by atoms with van der Waals surface area (Å²) in [7, 11) is 0. The maximum Gasteiger partial charge on any atom is 0.316 e. The highest BCUT2D eigenvalue weighted by Crippen LogP contribution is 2.11. The van der Waals surface area contributed by atoms with Crippen molar-refractivity contribution in [3.63, 3.8) is 0 Å². The van der Waals surface area contributed by atoms with Crippen molar-refractivity contribution in [2.75, 3.05) is 6.61 Å². The van der Waals surface area contributed by atoms with Gasteiger partial charge in [0.05, 0.1) is 12.5 Å². The summed E-state index contributed by atoms with van der Waals surface area (Å²) in [5.74, 6) is -0.261. The molecule has 0 bridgehead atoms. The van der Waals surface area contributed by atoms with Crippen LogP contribution in [0.25, 0.3) is 0 Å². The van der Waals surface area contributed by atoms with E-state index >= 15 is 0 Å². The lowest BCUT2D eigenvalue weighted by atomic mass is 10.0. The summed E-state index contributed by atoms with van der Waals surface area (Å²) in [5.41, 5.74) is 0. The molecule has 84 valence electrons. The minimum Gasteiger partial charge on any atom is -0.465 e. The van der Waals surface area contributed by atoms with Gasteiger partial charge in [-0.3, -0.25) is 4.79 Å². The Balaban J connectivity index is 2.10. The van der Waals surface area contributed by atoms with E-state index in [1.165, 1.54) is 12.8 Å². The van der Waals surface area contributed by atoms with E-state index in [4.69, 9.17) is 4.74 Å². The zero-order valence-corrected chi connectivity index (χ0v) is 9.45. The highest BCUT2D eigenvalue weighted by atomic mass is 16.5. The number of carbonyl (C=O) groups excluding carboxylic acids is 1. The fourth-order valence-corrected chi connectivity index (χ4v) is 1.55.